The maximum atomic E-state index is 2.48. The van der Waals surface area contributed by atoms with Gasteiger partial charge in [0.2, 0.25) is 0 Å². The van der Waals surface area contributed by atoms with Crippen molar-refractivity contribution < 1.29 is 0 Å². The predicted molar refractivity (Wildman–Crippen MR) is 85.4 cm³/mol. The molecule has 2 aliphatic carbocycles. The first kappa shape index (κ1) is 14.9. The van der Waals surface area contributed by atoms with Crippen molar-refractivity contribution in [1.29, 1.82) is 0 Å². The van der Waals surface area contributed by atoms with Gasteiger partial charge in [-0.1, -0.05) is 101 Å². The quantitative estimate of drug-likeness (QED) is 0.462. The molecule has 0 atom stereocenters. The van der Waals surface area contributed by atoms with E-state index in [9.17, 15) is 0 Å². The van der Waals surface area contributed by atoms with E-state index in [2.05, 4.69) is 24.3 Å². The second-order valence-electron chi connectivity index (χ2n) is 6.69. The number of hydrogen-bond donors (Lipinski definition) is 0. The smallest absolute Gasteiger partial charge is 0.00671 e. The van der Waals surface area contributed by atoms with Gasteiger partial charge in [-0.25, -0.2) is 0 Å². The Hall–Kier alpha value is -0.520. The van der Waals surface area contributed by atoms with E-state index in [-0.39, 0.29) is 0 Å². The summed E-state index contributed by atoms with van der Waals surface area (Å²) in [6.45, 7) is 0. The molecule has 0 aromatic heterocycles. The fraction of sp³-hybridized carbons (Fsp3) is 0.789. The number of rotatable bonds is 0. The Balaban J connectivity index is 1.78. The molecule has 0 N–H and O–H groups in total. The van der Waals surface area contributed by atoms with E-state index in [1.165, 1.54) is 89.9 Å². The minimum absolute atomic E-state index is 0.445. The summed E-state index contributed by atoms with van der Waals surface area (Å²) in [4.78, 5) is 0. The van der Waals surface area contributed by atoms with E-state index in [0.29, 0.717) is 5.41 Å². The first-order chi connectivity index (χ1) is 9.41. The summed E-state index contributed by atoms with van der Waals surface area (Å²) in [6, 6.07) is 0. The van der Waals surface area contributed by atoms with Crippen molar-refractivity contribution in [2.45, 2.75) is 89.9 Å². The largest absolute Gasteiger partial charge is 0.0745 e. The lowest BCUT2D eigenvalue weighted by atomic mass is 9.79. The number of allylic oxidation sites excluding steroid dienone is 4. The third-order valence-electron chi connectivity index (χ3n) is 5.00. The molecule has 19 heavy (non-hydrogen) atoms. The molecular formula is C19H32. The highest BCUT2D eigenvalue weighted by molar-refractivity contribution is 5.24. The first-order valence-electron chi connectivity index (χ1n) is 8.78. The van der Waals surface area contributed by atoms with Gasteiger partial charge >= 0.3 is 0 Å². The molecule has 0 heterocycles. The van der Waals surface area contributed by atoms with E-state index < -0.39 is 0 Å². The summed E-state index contributed by atoms with van der Waals surface area (Å²) in [5.74, 6) is 0. The van der Waals surface area contributed by atoms with Crippen LogP contribution in [-0.4, -0.2) is 0 Å². The van der Waals surface area contributed by atoms with E-state index in [1.807, 2.05) is 0 Å². The van der Waals surface area contributed by atoms with Crippen molar-refractivity contribution in [3.8, 4) is 0 Å². The normalized spacial score (nSPS) is 26.1. The second-order valence-corrected chi connectivity index (χ2v) is 6.69. The average Bonchev–Trinajstić information content (AvgIpc) is 2.87. The monoisotopic (exact) mass is 260 g/mol. The minimum Gasteiger partial charge on any atom is -0.0745 e. The van der Waals surface area contributed by atoms with Crippen molar-refractivity contribution in [2.75, 3.05) is 0 Å². The molecule has 2 aliphatic rings. The Kier molecular flexibility index (Phi) is 6.74. The van der Waals surface area contributed by atoms with Gasteiger partial charge in [0.05, 0.1) is 0 Å². The highest BCUT2D eigenvalue weighted by atomic mass is 14.3. The Bertz CT molecular complexity index is 254. The standard InChI is InChI=1S/C19H32/c1-2-4-6-8-10-12-16-19(17-13-14-18-19)15-11-9-7-5-3-1/h13-14,17-18H,1-12,15-16H2. The Morgan fingerprint density at radius 3 is 1.11 bits per heavy atom. The van der Waals surface area contributed by atoms with Crippen molar-refractivity contribution in [1.82, 2.24) is 0 Å². The molecule has 2 rings (SSSR count). The highest BCUT2D eigenvalue weighted by Gasteiger charge is 2.24. The van der Waals surface area contributed by atoms with Gasteiger partial charge in [-0.05, 0) is 12.8 Å². The van der Waals surface area contributed by atoms with Crippen LogP contribution in [0.4, 0.5) is 0 Å². The molecule has 108 valence electrons. The van der Waals surface area contributed by atoms with Crippen LogP contribution in [-0.2, 0) is 0 Å². The van der Waals surface area contributed by atoms with Gasteiger partial charge < -0.3 is 0 Å². The minimum atomic E-state index is 0.445. The lowest BCUT2D eigenvalue weighted by Crippen LogP contribution is -2.13. The summed E-state index contributed by atoms with van der Waals surface area (Å²) in [5.41, 5.74) is 0.445. The summed E-state index contributed by atoms with van der Waals surface area (Å²) >= 11 is 0. The van der Waals surface area contributed by atoms with Gasteiger partial charge in [0.25, 0.3) is 0 Å². The van der Waals surface area contributed by atoms with Crippen LogP contribution in [0.15, 0.2) is 24.3 Å². The first-order valence-corrected chi connectivity index (χ1v) is 8.78. The lowest BCUT2D eigenvalue weighted by molar-refractivity contribution is 0.377. The Labute approximate surface area is 120 Å². The van der Waals surface area contributed by atoms with Gasteiger partial charge in [-0.15, -0.1) is 0 Å². The third kappa shape index (κ3) is 5.55. The van der Waals surface area contributed by atoms with E-state index in [1.54, 1.807) is 0 Å². The van der Waals surface area contributed by atoms with Crippen molar-refractivity contribution in [3.63, 3.8) is 0 Å². The van der Waals surface area contributed by atoms with Crippen molar-refractivity contribution >= 4 is 0 Å². The van der Waals surface area contributed by atoms with Gasteiger partial charge in [-0.2, -0.15) is 0 Å². The van der Waals surface area contributed by atoms with E-state index in [0.717, 1.165) is 0 Å². The van der Waals surface area contributed by atoms with Crippen LogP contribution in [0.1, 0.15) is 89.9 Å². The highest BCUT2D eigenvalue weighted by Crippen LogP contribution is 2.38. The van der Waals surface area contributed by atoms with Crippen LogP contribution in [0.25, 0.3) is 0 Å². The molecule has 0 aliphatic heterocycles. The fourth-order valence-electron chi connectivity index (χ4n) is 3.68. The van der Waals surface area contributed by atoms with Crippen molar-refractivity contribution in [2.24, 2.45) is 5.41 Å². The lowest BCUT2D eigenvalue weighted by Gasteiger charge is -2.25. The third-order valence-corrected chi connectivity index (χ3v) is 5.00. The summed E-state index contributed by atoms with van der Waals surface area (Å²) in [5, 5.41) is 0. The van der Waals surface area contributed by atoms with Gasteiger partial charge in [-0.3, -0.25) is 0 Å². The van der Waals surface area contributed by atoms with Gasteiger partial charge in [0, 0.05) is 5.41 Å². The molecule has 0 saturated heterocycles. The Morgan fingerprint density at radius 2 is 0.737 bits per heavy atom. The van der Waals surface area contributed by atoms with E-state index >= 15 is 0 Å². The molecule has 1 spiro atoms. The molecule has 0 amide bonds. The molecule has 1 fully saturated rings. The molecule has 1 saturated carbocycles. The van der Waals surface area contributed by atoms with Crippen LogP contribution in [0.3, 0.4) is 0 Å². The molecule has 0 nitrogen and oxygen atoms in total. The molecule has 0 bridgehead atoms. The van der Waals surface area contributed by atoms with Gasteiger partial charge in [0.15, 0.2) is 0 Å². The maximum Gasteiger partial charge on any atom is 0.00671 e. The molecule has 0 aromatic carbocycles. The fourth-order valence-corrected chi connectivity index (χ4v) is 3.68. The van der Waals surface area contributed by atoms with Crippen LogP contribution in [0.2, 0.25) is 0 Å². The van der Waals surface area contributed by atoms with E-state index in [4.69, 9.17) is 0 Å². The SMILES string of the molecule is C1=CC2(C=C1)CCCCCCCCCCCCCC2. The second kappa shape index (κ2) is 8.61. The zero-order valence-corrected chi connectivity index (χ0v) is 12.7. The molecule has 0 aromatic rings. The zero-order chi connectivity index (χ0) is 13.2. The molecular weight excluding hydrogens is 228 g/mol. The van der Waals surface area contributed by atoms with Crippen LogP contribution < -0.4 is 0 Å². The summed E-state index contributed by atoms with van der Waals surface area (Å²) in [7, 11) is 0. The zero-order valence-electron chi connectivity index (χ0n) is 12.7. The molecule has 0 unspecified atom stereocenters. The average molecular weight is 260 g/mol. The Morgan fingerprint density at radius 1 is 0.421 bits per heavy atom. The molecule has 0 radical (unpaired) electrons. The van der Waals surface area contributed by atoms with Crippen LogP contribution in [0, 0.1) is 5.41 Å². The number of hydrogen-bond acceptors (Lipinski definition) is 0. The van der Waals surface area contributed by atoms with Crippen LogP contribution >= 0.6 is 0 Å². The molecule has 0 heteroatoms. The van der Waals surface area contributed by atoms with Gasteiger partial charge in [0.1, 0.15) is 0 Å². The summed E-state index contributed by atoms with van der Waals surface area (Å²) < 4.78 is 0. The van der Waals surface area contributed by atoms with Crippen LogP contribution in [0.5, 0.6) is 0 Å². The summed E-state index contributed by atoms with van der Waals surface area (Å²) in [6.07, 6.45) is 29.8. The predicted octanol–water partition coefficient (Wildman–Crippen LogP) is 6.57. The maximum absolute atomic E-state index is 2.48. The topological polar surface area (TPSA) is 0 Å². The van der Waals surface area contributed by atoms with Crippen molar-refractivity contribution in [3.05, 3.63) is 24.3 Å².